The van der Waals surface area contributed by atoms with E-state index in [2.05, 4.69) is 28.5 Å². The van der Waals surface area contributed by atoms with Gasteiger partial charge in [-0.25, -0.2) is 4.79 Å². The number of amides is 2. The normalized spacial score (nSPS) is 15.2. The molecule has 0 atom stereocenters. The van der Waals surface area contributed by atoms with Crippen LogP contribution in [0.2, 0.25) is 0 Å². The summed E-state index contributed by atoms with van der Waals surface area (Å²) < 4.78 is 11.0. The van der Waals surface area contributed by atoms with Crippen LogP contribution in [0.25, 0.3) is 0 Å². The SMILES string of the molecule is Cc1ccc(OCCNC(=O)NCCN2CCOCC2)c(C)c1. The van der Waals surface area contributed by atoms with E-state index in [-0.39, 0.29) is 6.03 Å². The third-order valence-corrected chi connectivity index (χ3v) is 3.79. The number of carbonyl (C=O) groups excluding carboxylic acids is 1. The Balaban J connectivity index is 1.54. The Morgan fingerprint density at radius 1 is 1.22 bits per heavy atom. The lowest BCUT2D eigenvalue weighted by molar-refractivity contribution is 0.0387. The zero-order chi connectivity index (χ0) is 16.5. The highest BCUT2D eigenvalue weighted by Gasteiger charge is 2.09. The van der Waals surface area contributed by atoms with Crippen LogP contribution in [0.3, 0.4) is 0 Å². The van der Waals surface area contributed by atoms with Crippen LogP contribution < -0.4 is 15.4 Å². The smallest absolute Gasteiger partial charge is 0.314 e. The highest BCUT2D eigenvalue weighted by Crippen LogP contribution is 2.18. The summed E-state index contributed by atoms with van der Waals surface area (Å²) in [6.45, 7) is 9.95. The molecule has 1 aliphatic rings. The summed E-state index contributed by atoms with van der Waals surface area (Å²) in [6.07, 6.45) is 0. The van der Waals surface area contributed by atoms with E-state index in [9.17, 15) is 4.79 Å². The average molecular weight is 321 g/mol. The fraction of sp³-hybridized carbons (Fsp3) is 0.588. The van der Waals surface area contributed by atoms with E-state index in [1.807, 2.05) is 19.1 Å². The Labute approximate surface area is 138 Å². The first-order valence-electron chi connectivity index (χ1n) is 8.17. The summed E-state index contributed by atoms with van der Waals surface area (Å²) in [4.78, 5) is 14.0. The second kappa shape index (κ2) is 9.37. The number of carbonyl (C=O) groups is 1. The molecule has 128 valence electrons. The molecule has 0 spiro atoms. The predicted octanol–water partition coefficient (Wildman–Crippen LogP) is 1.31. The molecular weight excluding hydrogens is 294 g/mol. The van der Waals surface area contributed by atoms with E-state index < -0.39 is 0 Å². The molecule has 6 nitrogen and oxygen atoms in total. The van der Waals surface area contributed by atoms with Crippen LogP contribution in [0, 0.1) is 13.8 Å². The van der Waals surface area contributed by atoms with Gasteiger partial charge in [0.05, 0.1) is 19.8 Å². The fourth-order valence-electron chi connectivity index (χ4n) is 2.50. The largest absolute Gasteiger partial charge is 0.491 e. The van der Waals surface area contributed by atoms with Crippen molar-refractivity contribution in [3.05, 3.63) is 29.3 Å². The number of benzene rings is 1. The molecule has 0 radical (unpaired) electrons. The van der Waals surface area contributed by atoms with Crippen molar-refractivity contribution in [2.45, 2.75) is 13.8 Å². The summed E-state index contributed by atoms with van der Waals surface area (Å²) in [5.74, 6) is 0.866. The van der Waals surface area contributed by atoms with Gasteiger partial charge in [0.2, 0.25) is 0 Å². The molecule has 1 aromatic rings. The van der Waals surface area contributed by atoms with Gasteiger partial charge in [-0.05, 0) is 25.5 Å². The number of hydrogen-bond acceptors (Lipinski definition) is 4. The van der Waals surface area contributed by atoms with Crippen LogP contribution in [0.1, 0.15) is 11.1 Å². The molecule has 0 aliphatic carbocycles. The van der Waals surface area contributed by atoms with Crippen molar-refractivity contribution in [2.75, 3.05) is 52.5 Å². The van der Waals surface area contributed by atoms with Gasteiger partial charge in [-0.3, -0.25) is 4.90 Å². The number of urea groups is 1. The van der Waals surface area contributed by atoms with Crippen molar-refractivity contribution in [1.82, 2.24) is 15.5 Å². The fourth-order valence-corrected chi connectivity index (χ4v) is 2.50. The molecule has 23 heavy (non-hydrogen) atoms. The molecule has 1 saturated heterocycles. The topological polar surface area (TPSA) is 62.8 Å². The quantitative estimate of drug-likeness (QED) is 0.744. The van der Waals surface area contributed by atoms with E-state index in [1.165, 1.54) is 5.56 Å². The Kier molecular flexibility index (Phi) is 7.16. The van der Waals surface area contributed by atoms with Gasteiger partial charge in [0.25, 0.3) is 0 Å². The summed E-state index contributed by atoms with van der Waals surface area (Å²) in [7, 11) is 0. The van der Waals surface area contributed by atoms with Crippen LogP contribution in [-0.2, 0) is 4.74 Å². The van der Waals surface area contributed by atoms with Crippen LogP contribution in [-0.4, -0.2) is 63.5 Å². The number of rotatable bonds is 7. The maximum Gasteiger partial charge on any atom is 0.314 e. The van der Waals surface area contributed by atoms with Gasteiger partial charge in [-0.15, -0.1) is 0 Å². The number of aryl methyl sites for hydroxylation is 2. The minimum atomic E-state index is -0.150. The number of morpholine rings is 1. The molecule has 1 heterocycles. The van der Waals surface area contributed by atoms with E-state index in [0.717, 1.165) is 44.2 Å². The predicted molar refractivity (Wildman–Crippen MR) is 90.1 cm³/mol. The van der Waals surface area contributed by atoms with Gasteiger partial charge in [0, 0.05) is 26.2 Å². The van der Waals surface area contributed by atoms with E-state index in [0.29, 0.717) is 19.7 Å². The second-order valence-electron chi connectivity index (χ2n) is 5.75. The molecule has 0 saturated carbocycles. The van der Waals surface area contributed by atoms with Crippen molar-refractivity contribution in [3.63, 3.8) is 0 Å². The molecule has 2 rings (SSSR count). The van der Waals surface area contributed by atoms with Crippen LogP contribution in [0.4, 0.5) is 4.79 Å². The minimum absolute atomic E-state index is 0.150. The summed E-state index contributed by atoms with van der Waals surface area (Å²) in [5, 5.41) is 5.66. The first-order valence-corrected chi connectivity index (χ1v) is 8.17. The molecule has 0 bridgehead atoms. The third-order valence-electron chi connectivity index (χ3n) is 3.79. The van der Waals surface area contributed by atoms with E-state index >= 15 is 0 Å². The molecule has 2 N–H and O–H groups in total. The Hall–Kier alpha value is -1.79. The lowest BCUT2D eigenvalue weighted by atomic mass is 10.1. The third kappa shape index (κ3) is 6.46. The molecule has 2 amide bonds. The molecule has 1 aromatic carbocycles. The van der Waals surface area contributed by atoms with Gasteiger partial charge in [-0.1, -0.05) is 17.7 Å². The maximum absolute atomic E-state index is 11.7. The van der Waals surface area contributed by atoms with Crippen LogP contribution >= 0.6 is 0 Å². The first-order chi connectivity index (χ1) is 11.1. The Morgan fingerprint density at radius 3 is 2.70 bits per heavy atom. The van der Waals surface area contributed by atoms with Gasteiger partial charge in [0.1, 0.15) is 12.4 Å². The molecule has 1 aliphatic heterocycles. The monoisotopic (exact) mass is 321 g/mol. The number of ether oxygens (including phenoxy) is 2. The van der Waals surface area contributed by atoms with Gasteiger partial charge in [0.15, 0.2) is 0 Å². The average Bonchev–Trinajstić information content (AvgIpc) is 2.54. The molecule has 6 heteroatoms. The maximum atomic E-state index is 11.7. The Morgan fingerprint density at radius 2 is 1.96 bits per heavy atom. The number of hydrogen-bond donors (Lipinski definition) is 2. The van der Waals surface area contributed by atoms with E-state index in [4.69, 9.17) is 9.47 Å². The Bertz CT molecular complexity index is 502. The zero-order valence-electron chi connectivity index (χ0n) is 14.1. The van der Waals surface area contributed by atoms with Gasteiger partial charge < -0.3 is 20.1 Å². The molecule has 0 aromatic heterocycles. The van der Waals surface area contributed by atoms with Crippen molar-refractivity contribution < 1.29 is 14.3 Å². The van der Waals surface area contributed by atoms with Crippen molar-refractivity contribution >= 4 is 6.03 Å². The molecule has 0 unspecified atom stereocenters. The first kappa shape index (κ1) is 17.6. The molecular formula is C17H27N3O3. The minimum Gasteiger partial charge on any atom is -0.491 e. The summed E-state index contributed by atoms with van der Waals surface area (Å²) in [5.41, 5.74) is 2.33. The van der Waals surface area contributed by atoms with Gasteiger partial charge >= 0.3 is 6.03 Å². The number of nitrogens with one attached hydrogen (secondary N) is 2. The number of nitrogens with zero attached hydrogens (tertiary/aromatic N) is 1. The van der Waals surface area contributed by atoms with Crippen molar-refractivity contribution in [3.8, 4) is 5.75 Å². The highest BCUT2D eigenvalue weighted by atomic mass is 16.5. The van der Waals surface area contributed by atoms with Gasteiger partial charge in [-0.2, -0.15) is 0 Å². The van der Waals surface area contributed by atoms with Crippen molar-refractivity contribution in [1.29, 1.82) is 0 Å². The lowest BCUT2D eigenvalue weighted by Gasteiger charge is -2.26. The van der Waals surface area contributed by atoms with Crippen LogP contribution in [0.15, 0.2) is 18.2 Å². The van der Waals surface area contributed by atoms with Crippen LogP contribution in [0.5, 0.6) is 5.75 Å². The summed E-state index contributed by atoms with van der Waals surface area (Å²) >= 11 is 0. The highest BCUT2D eigenvalue weighted by molar-refractivity contribution is 5.73. The zero-order valence-corrected chi connectivity index (χ0v) is 14.1. The standard InChI is InChI=1S/C17H27N3O3/c1-14-3-4-16(15(2)13-14)23-10-6-19-17(21)18-5-7-20-8-11-22-12-9-20/h3-4,13H,5-12H2,1-2H3,(H2,18,19,21). The summed E-state index contributed by atoms with van der Waals surface area (Å²) in [6, 6.07) is 5.92. The van der Waals surface area contributed by atoms with Crippen molar-refractivity contribution in [2.24, 2.45) is 0 Å². The lowest BCUT2D eigenvalue weighted by Crippen LogP contribution is -2.44. The molecule has 1 fully saturated rings. The second-order valence-corrected chi connectivity index (χ2v) is 5.75. The van der Waals surface area contributed by atoms with E-state index in [1.54, 1.807) is 0 Å².